The van der Waals surface area contributed by atoms with E-state index >= 15 is 0 Å². The molecule has 2 amide bonds. The molecule has 0 fully saturated rings. The summed E-state index contributed by atoms with van der Waals surface area (Å²) in [5.41, 5.74) is 4.01. The van der Waals surface area contributed by atoms with Crippen molar-refractivity contribution in [1.82, 2.24) is 5.43 Å². The molecule has 0 spiro atoms. The van der Waals surface area contributed by atoms with Gasteiger partial charge in [0.25, 0.3) is 0 Å². The van der Waals surface area contributed by atoms with Gasteiger partial charge >= 0.3 is 23.8 Å². The highest BCUT2D eigenvalue weighted by Crippen LogP contribution is 2.38. The Morgan fingerprint density at radius 2 is 1.65 bits per heavy atom. The van der Waals surface area contributed by atoms with E-state index in [1.54, 1.807) is 55.5 Å². The van der Waals surface area contributed by atoms with Crippen molar-refractivity contribution in [3.05, 3.63) is 75.7 Å². The number of nitrogens with zero attached hydrogens (tertiary/aromatic N) is 1. The number of ether oxygens (including phenoxy) is 3. The van der Waals surface area contributed by atoms with Crippen molar-refractivity contribution < 1.29 is 33.4 Å². The quantitative estimate of drug-likeness (QED) is 0.103. The van der Waals surface area contributed by atoms with Crippen LogP contribution in [0, 0.1) is 0 Å². The highest BCUT2D eigenvalue weighted by Gasteiger charge is 2.28. The molecular formula is C29H29N3O7S. The third-order valence-corrected chi connectivity index (χ3v) is 7.36. The van der Waals surface area contributed by atoms with E-state index in [0.29, 0.717) is 28.3 Å². The van der Waals surface area contributed by atoms with Crippen LogP contribution >= 0.6 is 11.3 Å². The van der Waals surface area contributed by atoms with Crippen LogP contribution in [0.5, 0.6) is 11.5 Å². The normalized spacial score (nSPS) is 12.7. The van der Waals surface area contributed by atoms with E-state index in [1.807, 2.05) is 0 Å². The van der Waals surface area contributed by atoms with Crippen molar-refractivity contribution >= 4 is 46.3 Å². The number of anilines is 1. The van der Waals surface area contributed by atoms with Gasteiger partial charge in [-0.1, -0.05) is 30.7 Å². The third-order valence-electron chi connectivity index (χ3n) is 6.15. The smallest absolute Gasteiger partial charge is 0.347 e. The number of nitrogens with one attached hydrogen (secondary N) is 2. The standard InChI is InChI=1S/C29H29N3O7S/c1-3-38-29(36)24-20-13-5-4-6-16-23(20)40-27(24)31-25(33)26(34)32-30-17-18-11-7-9-14-21(18)39-28(35)19-12-8-10-15-22(19)37-2/h7-12,14-15,17H,3-6,13,16H2,1-2H3,(H,31,33)(H,32,34). The first-order valence-corrected chi connectivity index (χ1v) is 13.6. The zero-order chi connectivity index (χ0) is 28.5. The molecule has 1 heterocycles. The molecule has 0 unspecified atom stereocenters. The second-order valence-electron chi connectivity index (χ2n) is 8.77. The predicted molar refractivity (Wildman–Crippen MR) is 150 cm³/mol. The maximum atomic E-state index is 12.7. The number of thiophene rings is 1. The minimum absolute atomic E-state index is 0.194. The molecule has 0 saturated heterocycles. The molecule has 0 radical (unpaired) electrons. The SMILES string of the molecule is CCOC(=O)c1c(NC(=O)C(=O)NN=Cc2ccccc2OC(=O)c2ccccc2OC)sc2c1CCCCC2. The van der Waals surface area contributed by atoms with Gasteiger partial charge in [-0.25, -0.2) is 15.0 Å². The first-order chi connectivity index (χ1) is 19.4. The van der Waals surface area contributed by atoms with E-state index in [1.165, 1.54) is 24.7 Å². The Morgan fingerprint density at radius 1 is 0.925 bits per heavy atom. The van der Waals surface area contributed by atoms with E-state index < -0.39 is 23.8 Å². The van der Waals surface area contributed by atoms with E-state index in [2.05, 4.69) is 15.8 Å². The first-order valence-electron chi connectivity index (χ1n) is 12.8. The lowest BCUT2D eigenvalue weighted by Gasteiger charge is -2.10. The lowest BCUT2D eigenvalue weighted by atomic mass is 10.1. The van der Waals surface area contributed by atoms with E-state index in [-0.39, 0.29) is 17.9 Å². The van der Waals surface area contributed by atoms with E-state index in [4.69, 9.17) is 14.2 Å². The Morgan fingerprint density at radius 3 is 2.42 bits per heavy atom. The van der Waals surface area contributed by atoms with Crippen molar-refractivity contribution in [3.8, 4) is 11.5 Å². The molecule has 40 heavy (non-hydrogen) atoms. The number of carbonyl (C=O) groups excluding carboxylic acids is 4. The average Bonchev–Trinajstić information content (AvgIpc) is 3.13. The number of carbonyl (C=O) groups is 4. The van der Waals surface area contributed by atoms with Gasteiger partial charge in [0, 0.05) is 10.4 Å². The number of aryl methyl sites for hydroxylation is 1. The van der Waals surface area contributed by atoms with Gasteiger partial charge in [0.1, 0.15) is 22.1 Å². The van der Waals surface area contributed by atoms with Crippen LogP contribution in [0.3, 0.4) is 0 Å². The van der Waals surface area contributed by atoms with Gasteiger partial charge in [0.2, 0.25) is 0 Å². The summed E-state index contributed by atoms with van der Waals surface area (Å²) < 4.78 is 16.0. The number of para-hydroxylation sites is 2. The number of amides is 2. The Bertz CT molecular complexity index is 1450. The first kappa shape index (κ1) is 28.5. The van der Waals surface area contributed by atoms with E-state index in [9.17, 15) is 19.2 Å². The molecule has 4 rings (SSSR count). The maximum absolute atomic E-state index is 12.7. The number of methoxy groups -OCH3 is 1. The van der Waals surface area contributed by atoms with Crippen molar-refractivity contribution in [2.75, 3.05) is 19.0 Å². The summed E-state index contributed by atoms with van der Waals surface area (Å²) >= 11 is 1.30. The summed E-state index contributed by atoms with van der Waals surface area (Å²) in [6.07, 6.45) is 5.78. The van der Waals surface area contributed by atoms with Crippen LogP contribution < -0.4 is 20.2 Å². The van der Waals surface area contributed by atoms with Crippen molar-refractivity contribution in [1.29, 1.82) is 0 Å². The molecule has 1 aliphatic carbocycles. The highest BCUT2D eigenvalue weighted by atomic mass is 32.1. The molecule has 0 aliphatic heterocycles. The second-order valence-corrected chi connectivity index (χ2v) is 9.88. The topological polar surface area (TPSA) is 132 Å². The molecule has 0 atom stereocenters. The molecule has 2 N–H and O–H groups in total. The minimum atomic E-state index is -1.03. The van der Waals surface area contributed by atoms with Crippen molar-refractivity contribution in [2.24, 2.45) is 5.10 Å². The number of esters is 2. The molecule has 0 bridgehead atoms. The van der Waals surface area contributed by atoms with E-state index in [0.717, 1.165) is 36.1 Å². The van der Waals surface area contributed by atoms with Gasteiger partial charge in [-0.05, 0) is 62.4 Å². The van der Waals surface area contributed by atoms with Crippen LogP contribution in [0.25, 0.3) is 0 Å². The molecule has 3 aromatic rings. The molecule has 2 aromatic carbocycles. The van der Waals surface area contributed by atoms with Gasteiger partial charge in [-0.15, -0.1) is 11.3 Å². The molecule has 10 nitrogen and oxygen atoms in total. The number of benzene rings is 2. The number of fused-ring (bicyclic) bond motifs is 1. The van der Waals surface area contributed by atoms with Crippen LogP contribution in [-0.4, -0.2) is 43.7 Å². The molecule has 0 saturated carbocycles. The maximum Gasteiger partial charge on any atom is 0.347 e. The monoisotopic (exact) mass is 563 g/mol. The van der Waals surface area contributed by atoms with Crippen LogP contribution in [0.4, 0.5) is 5.00 Å². The lowest BCUT2D eigenvalue weighted by molar-refractivity contribution is -0.136. The van der Waals surface area contributed by atoms with Crippen molar-refractivity contribution in [2.45, 2.75) is 39.0 Å². The lowest BCUT2D eigenvalue weighted by Crippen LogP contribution is -2.32. The second kappa shape index (κ2) is 13.5. The number of hydrogen-bond donors (Lipinski definition) is 2. The molecule has 1 aromatic heterocycles. The Labute approximate surface area is 235 Å². The summed E-state index contributed by atoms with van der Waals surface area (Å²) in [7, 11) is 1.46. The minimum Gasteiger partial charge on any atom is -0.496 e. The zero-order valence-corrected chi connectivity index (χ0v) is 23.0. The fraction of sp³-hybridized carbons (Fsp3) is 0.276. The Balaban J connectivity index is 1.43. The largest absolute Gasteiger partial charge is 0.496 e. The van der Waals surface area contributed by atoms with Crippen LogP contribution in [-0.2, 0) is 27.2 Å². The summed E-state index contributed by atoms with van der Waals surface area (Å²) in [6, 6.07) is 13.2. The zero-order valence-electron chi connectivity index (χ0n) is 22.2. The number of hydrogen-bond acceptors (Lipinski definition) is 9. The van der Waals surface area contributed by atoms with Gasteiger partial charge < -0.3 is 19.5 Å². The molecule has 208 valence electrons. The summed E-state index contributed by atoms with van der Waals surface area (Å²) in [5.74, 6) is -2.60. The van der Waals surface area contributed by atoms with Crippen molar-refractivity contribution in [3.63, 3.8) is 0 Å². The van der Waals surface area contributed by atoms with Crippen LogP contribution in [0.15, 0.2) is 53.6 Å². The average molecular weight is 564 g/mol. The van der Waals surface area contributed by atoms with Crippen LogP contribution in [0.1, 0.15) is 62.9 Å². The molecule has 1 aliphatic rings. The summed E-state index contributed by atoms with van der Waals surface area (Å²) in [4.78, 5) is 51.6. The van der Waals surface area contributed by atoms with Crippen LogP contribution in [0.2, 0.25) is 0 Å². The number of hydrazone groups is 1. The van der Waals surface area contributed by atoms with Gasteiger partial charge in [-0.3, -0.25) is 9.59 Å². The third kappa shape index (κ3) is 6.73. The van der Waals surface area contributed by atoms with Gasteiger partial charge in [-0.2, -0.15) is 5.10 Å². The Hall–Kier alpha value is -4.51. The Kier molecular flexibility index (Phi) is 9.63. The van der Waals surface area contributed by atoms with Gasteiger partial charge in [0.15, 0.2) is 0 Å². The number of rotatable bonds is 8. The predicted octanol–water partition coefficient (Wildman–Crippen LogP) is 4.51. The fourth-order valence-corrected chi connectivity index (χ4v) is 5.54. The fourth-order valence-electron chi connectivity index (χ4n) is 4.27. The molecular weight excluding hydrogens is 534 g/mol. The molecule has 11 heteroatoms. The van der Waals surface area contributed by atoms with Gasteiger partial charge in [0.05, 0.1) is 25.5 Å². The summed E-state index contributed by atoms with van der Waals surface area (Å²) in [5, 5.41) is 6.70. The highest BCUT2D eigenvalue weighted by molar-refractivity contribution is 7.17. The summed E-state index contributed by atoms with van der Waals surface area (Å²) in [6.45, 7) is 1.91.